The zero-order chi connectivity index (χ0) is 12.1. The lowest BCUT2D eigenvalue weighted by molar-refractivity contribution is -0.165. The lowest BCUT2D eigenvalue weighted by Gasteiger charge is -2.51. The smallest absolute Gasteiger partial charge is 0.161 e. The predicted octanol–water partition coefficient (Wildman–Crippen LogP) is 3.26. The minimum Gasteiger partial charge on any atom is -0.367 e. The summed E-state index contributed by atoms with van der Waals surface area (Å²) in [6.07, 6.45) is 9.61. The average molecular weight is 236 g/mol. The van der Waals surface area contributed by atoms with E-state index in [1.54, 1.807) is 0 Å². The molecule has 96 valence electrons. The van der Waals surface area contributed by atoms with E-state index in [9.17, 15) is 5.11 Å². The summed E-state index contributed by atoms with van der Waals surface area (Å²) < 4.78 is 6.11. The van der Waals surface area contributed by atoms with Crippen molar-refractivity contribution in [2.75, 3.05) is 0 Å². The highest BCUT2D eigenvalue weighted by molar-refractivity contribution is 5.14. The van der Waals surface area contributed by atoms with Crippen molar-refractivity contribution in [2.45, 2.75) is 63.8 Å². The van der Waals surface area contributed by atoms with Crippen LogP contribution < -0.4 is 0 Å². The molecule has 0 aromatic rings. The maximum atomic E-state index is 10.5. The van der Waals surface area contributed by atoms with Gasteiger partial charge in [-0.3, -0.25) is 0 Å². The Labute approximate surface area is 104 Å². The van der Waals surface area contributed by atoms with E-state index in [1.807, 2.05) is 6.08 Å². The first-order valence-electron chi connectivity index (χ1n) is 7.12. The second-order valence-corrected chi connectivity index (χ2v) is 6.38. The maximum Gasteiger partial charge on any atom is 0.161 e. The highest BCUT2D eigenvalue weighted by atomic mass is 16.6. The van der Waals surface area contributed by atoms with E-state index in [1.165, 1.54) is 25.7 Å². The first-order valence-corrected chi connectivity index (χ1v) is 7.12. The van der Waals surface area contributed by atoms with Crippen molar-refractivity contribution in [3.8, 4) is 0 Å². The van der Waals surface area contributed by atoms with Crippen LogP contribution in [0.1, 0.15) is 51.9 Å². The first kappa shape index (κ1) is 11.7. The Kier molecular flexibility index (Phi) is 2.64. The van der Waals surface area contributed by atoms with Crippen LogP contribution >= 0.6 is 0 Å². The highest BCUT2D eigenvalue weighted by Crippen LogP contribution is 2.65. The minimum atomic E-state index is -0.568. The molecular weight excluding hydrogens is 212 g/mol. The summed E-state index contributed by atoms with van der Waals surface area (Å²) in [7, 11) is 0. The molecule has 3 aliphatic rings. The van der Waals surface area contributed by atoms with Crippen LogP contribution in [0.25, 0.3) is 0 Å². The summed E-state index contributed by atoms with van der Waals surface area (Å²) in [6.45, 7) is 6.20. The molecule has 2 heteroatoms. The van der Waals surface area contributed by atoms with Crippen molar-refractivity contribution in [1.82, 2.24) is 0 Å². The second kappa shape index (κ2) is 3.83. The van der Waals surface area contributed by atoms with E-state index in [0.717, 1.165) is 19.3 Å². The number of aliphatic hydroxyl groups excluding tert-OH is 1. The number of rotatable bonds is 2. The molecule has 0 radical (unpaired) electrons. The summed E-state index contributed by atoms with van der Waals surface area (Å²) in [6, 6.07) is 0. The topological polar surface area (TPSA) is 29.5 Å². The molecule has 1 aliphatic heterocycles. The normalized spacial score (nSPS) is 53.2. The van der Waals surface area contributed by atoms with Crippen molar-refractivity contribution in [3.63, 3.8) is 0 Å². The Morgan fingerprint density at radius 1 is 1.35 bits per heavy atom. The Bertz CT molecular complexity index is 327. The van der Waals surface area contributed by atoms with E-state index in [0.29, 0.717) is 11.8 Å². The van der Waals surface area contributed by atoms with E-state index >= 15 is 0 Å². The van der Waals surface area contributed by atoms with Crippen LogP contribution in [0.3, 0.4) is 0 Å². The van der Waals surface area contributed by atoms with Crippen molar-refractivity contribution < 1.29 is 9.84 Å². The number of hydrogen-bond acceptors (Lipinski definition) is 2. The van der Waals surface area contributed by atoms with Crippen LogP contribution in [0, 0.1) is 17.3 Å². The van der Waals surface area contributed by atoms with E-state index in [2.05, 4.69) is 13.5 Å². The van der Waals surface area contributed by atoms with Gasteiger partial charge in [0.25, 0.3) is 0 Å². The summed E-state index contributed by atoms with van der Waals surface area (Å²) in [5.74, 6) is 1.11. The van der Waals surface area contributed by atoms with Gasteiger partial charge in [-0.15, -0.1) is 6.58 Å². The van der Waals surface area contributed by atoms with Crippen molar-refractivity contribution in [3.05, 3.63) is 12.7 Å². The lowest BCUT2D eigenvalue weighted by Crippen LogP contribution is -2.51. The summed E-state index contributed by atoms with van der Waals surface area (Å²) >= 11 is 0. The third-order valence-corrected chi connectivity index (χ3v) is 5.85. The van der Waals surface area contributed by atoms with E-state index in [4.69, 9.17) is 4.74 Å². The van der Waals surface area contributed by atoms with Gasteiger partial charge in [-0.1, -0.05) is 25.8 Å². The van der Waals surface area contributed by atoms with Gasteiger partial charge in [0.15, 0.2) is 6.29 Å². The SMILES string of the molecule is C=CCC12C(C)CCC3(CCCCC31)OC2O. The van der Waals surface area contributed by atoms with Gasteiger partial charge in [0.1, 0.15) is 0 Å². The zero-order valence-electron chi connectivity index (χ0n) is 10.8. The molecule has 2 saturated carbocycles. The van der Waals surface area contributed by atoms with E-state index in [-0.39, 0.29) is 11.0 Å². The molecule has 0 aromatic heterocycles. The highest BCUT2D eigenvalue weighted by Gasteiger charge is 2.66. The first-order chi connectivity index (χ1) is 8.16. The molecule has 1 heterocycles. The summed E-state index contributed by atoms with van der Waals surface area (Å²) in [5, 5.41) is 10.5. The van der Waals surface area contributed by atoms with Gasteiger partial charge in [0.05, 0.1) is 5.60 Å². The molecule has 0 spiro atoms. The molecular formula is C15H24O2. The van der Waals surface area contributed by atoms with Gasteiger partial charge in [-0.05, 0) is 43.9 Å². The Morgan fingerprint density at radius 3 is 2.94 bits per heavy atom. The van der Waals surface area contributed by atoms with Gasteiger partial charge in [-0.25, -0.2) is 0 Å². The Hall–Kier alpha value is -0.340. The van der Waals surface area contributed by atoms with Crippen LogP contribution in [0.2, 0.25) is 0 Å². The standard InChI is InChI=1S/C15H24O2/c1-3-8-15-11(2)7-10-14(17-13(15)16)9-5-4-6-12(14)15/h3,11-13,16H,1,4-10H2,2H3. The predicted molar refractivity (Wildman–Crippen MR) is 67.4 cm³/mol. The fourth-order valence-corrected chi connectivity index (χ4v) is 4.98. The Morgan fingerprint density at radius 2 is 2.18 bits per heavy atom. The third kappa shape index (κ3) is 1.34. The number of ether oxygens (including phenoxy) is 1. The van der Waals surface area contributed by atoms with Crippen LogP contribution in [-0.4, -0.2) is 17.0 Å². The fraction of sp³-hybridized carbons (Fsp3) is 0.867. The number of allylic oxidation sites excluding steroid dienone is 1. The maximum absolute atomic E-state index is 10.5. The lowest BCUT2D eigenvalue weighted by atomic mass is 9.52. The van der Waals surface area contributed by atoms with Crippen LogP contribution in [0.5, 0.6) is 0 Å². The summed E-state index contributed by atoms with van der Waals surface area (Å²) in [5.41, 5.74) is -0.0341. The molecule has 2 bridgehead atoms. The molecule has 1 N–H and O–H groups in total. The zero-order valence-corrected chi connectivity index (χ0v) is 10.8. The van der Waals surface area contributed by atoms with Crippen molar-refractivity contribution in [1.29, 1.82) is 0 Å². The molecule has 3 rings (SSSR count). The monoisotopic (exact) mass is 236 g/mol. The van der Waals surface area contributed by atoms with Crippen LogP contribution in [-0.2, 0) is 4.74 Å². The molecule has 3 fully saturated rings. The van der Waals surface area contributed by atoms with Gasteiger partial charge < -0.3 is 9.84 Å². The molecule has 5 unspecified atom stereocenters. The van der Waals surface area contributed by atoms with Crippen molar-refractivity contribution in [2.24, 2.45) is 17.3 Å². The molecule has 2 aliphatic carbocycles. The van der Waals surface area contributed by atoms with Crippen LogP contribution in [0.15, 0.2) is 12.7 Å². The number of aliphatic hydroxyl groups is 1. The minimum absolute atomic E-state index is 0.00713. The molecule has 1 saturated heterocycles. The van der Waals surface area contributed by atoms with Gasteiger partial charge >= 0.3 is 0 Å². The third-order valence-electron chi connectivity index (χ3n) is 5.85. The number of hydrogen-bond donors (Lipinski definition) is 1. The van der Waals surface area contributed by atoms with Crippen molar-refractivity contribution >= 4 is 0 Å². The largest absolute Gasteiger partial charge is 0.367 e. The van der Waals surface area contributed by atoms with Gasteiger partial charge in [0.2, 0.25) is 0 Å². The Balaban J connectivity index is 2.04. The van der Waals surface area contributed by atoms with Gasteiger partial charge in [-0.2, -0.15) is 0 Å². The molecule has 0 aromatic carbocycles. The average Bonchev–Trinajstić information content (AvgIpc) is 2.52. The van der Waals surface area contributed by atoms with Gasteiger partial charge in [0, 0.05) is 5.41 Å². The van der Waals surface area contributed by atoms with Crippen LogP contribution in [0.4, 0.5) is 0 Å². The molecule has 17 heavy (non-hydrogen) atoms. The quantitative estimate of drug-likeness (QED) is 0.746. The molecule has 5 atom stereocenters. The fourth-order valence-electron chi connectivity index (χ4n) is 4.98. The molecule has 2 nitrogen and oxygen atoms in total. The van der Waals surface area contributed by atoms with E-state index < -0.39 is 6.29 Å². The summed E-state index contributed by atoms with van der Waals surface area (Å²) in [4.78, 5) is 0. The second-order valence-electron chi connectivity index (χ2n) is 6.38. The molecule has 0 amide bonds.